The van der Waals surface area contributed by atoms with Gasteiger partial charge in [0.25, 0.3) is 5.91 Å². The van der Waals surface area contributed by atoms with Gasteiger partial charge in [-0.3, -0.25) is 14.5 Å². The zero-order valence-electron chi connectivity index (χ0n) is 12.7. The van der Waals surface area contributed by atoms with Crippen molar-refractivity contribution in [2.75, 3.05) is 39.5 Å². The highest BCUT2D eigenvalue weighted by molar-refractivity contribution is 5.78. The van der Waals surface area contributed by atoms with E-state index >= 15 is 0 Å². The minimum Gasteiger partial charge on any atom is -0.380 e. The molecule has 3 saturated heterocycles. The van der Waals surface area contributed by atoms with E-state index in [1.54, 1.807) is 5.06 Å². The second-order valence-electron chi connectivity index (χ2n) is 7.09. The molecule has 1 aliphatic carbocycles. The summed E-state index contributed by atoms with van der Waals surface area (Å²) in [5, 5.41) is 1.59. The Morgan fingerprint density at radius 2 is 1.90 bits per heavy atom. The zero-order valence-corrected chi connectivity index (χ0v) is 12.7. The molecular weight excluding hydrogens is 268 g/mol. The molecule has 4 fully saturated rings. The number of hydrogen-bond donors (Lipinski definition) is 0. The van der Waals surface area contributed by atoms with Gasteiger partial charge in [0.2, 0.25) is 0 Å². The number of carbonyl (C=O) groups is 1. The standard InChI is InChI=1S/C16H26N2O3/c19-16(18-6-3-7-21-18)15-11-20-10-12-8-17(9-14(12)15)13-4-1-2-5-13/h12-15H,1-11H2/t12-,14-,15-/m1/s1. The van der Waals surface area contributed by atoms with E-state index in [9.17, 15) is 4.79 Å². The summed E-state index contributed by atoms with van der Waals surface area (Å²) in [7, 11) is 0. The van der Waals surface area contributed by atoms with Crippen LogP contribution >= 0.6 is 0 Å². The normalized spacial score (nSPS) is 38.1. The fourth-order valence-electron chi connectivity index (χ4n) is 4.66. The molecule has 0 unspecified atom stereocenters. The van der Waals surface area contributed by atoms with Gasteiger partial charge < -0.3 is 4.74 Å². The van der Waals surface area contributed by atoms with Crippen molar-refractivity contribution in [1.29, 1.82) is 0 Å². The fraction of sp³-hybridized carbons (Fsp3) is 0.938. The van der Waals surface area contributed by atoms with Crippen LogP contribution in [0.4, 0.5) is 0 Å². The van der Waals surface area contributed by atoms with Crippen LogP contribution in [0.15, 0.2) is 0 Å². The van der Waals surface area contributed by atoms with Crippen molar-refractivity contribution in [3.8, 4) is 0 Å². The predicted molar refractivity (Wildman–Crippen MR) is 77.4 cm³/mol. The fourth-order valence-corrected chi connectivity index (χ4v) is 4.66. The molecule has 118 valence electrons. The van der Waals surface area contributed by atoms with E-state index in [0.29, 0.717) is 25.0 Å². The molecule has 5 heteroatoms. The summed E-state index contributed by atoms with van der Waals surface area (Å²) in [4.78, 5) is 20.8. The van der Waals surface area contributed by atoms with E-state index in [2.05, 4.69) is 4.90 Å². The molecule has 4 rings (SSSR count). The van der Waals surface area contributed by atoms with Crippen LogP contribution in [0, 0.1) is 17.8 Å². The smallest absolute Gasteiger partial charge is 0.251 e. The van der Waals surface area contributed by atoms with Crippen molar-refractivity contribution in [3.63, 3.8) is 0 Å². The monoisotopic (exact) mass is 294 g/mol. The molecule has 1 saturated carbocycles. The van der Waals surface area contributed by atoms with E-state index in [0.717, 1.165) is 38.7 Å². The minimum atomic E-state index is 0.00764. The molecule has 0 aromatic heterocycles. The second kappa shape index (κ2) is 5.86. The summed E-state index contributed by atoms with van der Waals surface area (Å²) in [5.41, 5.74) is 0. The van der Waals surface area contributed by atoms with Crippen LogP contribution in [-0.2, 0) is 14.4 Å². The number of nitrogens with zero attached hydrogens (tertiary/aromatic N) is 2. The predicted octanol–water partition coefficient (Wildman–Crippen LogP) is 1.29. The van der Waals surface area contributed by atoms with E-state index < -0.39 is 0 Å². The summed E-state index contributed by atoms with van der Waals surface area (Å²) in [6.45, 7) is 5.06. The largest absolute Gasteiger partial charge is 0.380 e. The summed E-state index contributed by atoms with van der Waals surface area (Å²) < 4.78 is 5.76. The lowest BCUT2D eigenvalue weighted by Crippen LogP contribution is -2.45. The summed E-state index contributed by atoms with van der Waals surface area (Å²) in [5.74, 6) is 1.18. The number of likely N-dealkylation sites (tertiary alicyclic amines) is 1. The maximum atomic E-state index is 12.7. The highest BCUT2D eigenvalue weighted by Crippen LogP contribution is 2.38. The van der Waals surface area contributed by atoms with Crippen molar-refractivity contribution in [2.24, 2.45) is 17.8 Å². The minimum absolute atomic E-state index is 0.00764. The van der Waals surface area contributed by atoms with E-state index in [-0.39, 0.29) is 11.8 Å². The molecule has 3 heterocycles. The van der Waals surface area contributed by atoms with Crippen LogP contribution in [0.5, 0.6) is 0 Å². The van der Waals surface area contributed by atoms with Gasteiger partial charge in [0.05, 0.1) is 32.3 Å². The van der Waals surface area contributed by atoms with Crippen LogP contribution in [0.25, 0.3) is 0 Å². The lowest BCUT2D eigenvalue weighted by Gasteiger charge is -2.33. The molecule has 1 amide bonds. The number of ether oxygens (including phenoxy) is 1. The highest BCUT2D eigenvalue weighted by Gasteiger charge is 2.47. The van der Waals surface area contributed by atoms with E-state index in [1.807, 2.05) is 0 Å². The summed E-state index contributed by atoms with van der Waals surface area (Å²) in [6, 6.07) is 0.759. The summed E-state index contributed by atoms with van der Waals surface area (Å²) >= 11 is 0. The second-order valence-corrected chi connectivity index (χ2v) is 7.09. The Balaban J connectivity index is 1.44. The Kier molecular flexibility index (Phi) is 3.90. The van der Waals surface area contributed by atoms with Gasteiger partial charge in [0.1, 0.15) is 0 Å². The lowest BCUT2D eigenvalue weighted by atomic mass is 9.82. The number of rotatable bonds is 2. The summed E-state index contributed by atoms with van der Waals surface area (Å²) in [6.07, 6.45) is 6.39. The van der Waals surface area contributed by atoms with Crippen LogP contribution < -0.4 is 0 Å². The van der Waals surface area contributed by atoms with Crippen LogP contribution in [0.1, 0.15) is 32.1 Å². The molecule has 0 radical (unpaired) electrons. The molecule has 4 aliphatic rings. The molecule has 0 aromatic rings. The first-order valence-corrected chi connectivity index (χ1v) is 8.59. The first-order valence-electron chi connectivity index (χ1n) is 8.59. The van der Waals surface area contributed by atoms with Gasteiger partial charge in [-0.05, 0) is 31.1 Å². The van der Waals surface area contributed by atoms with E-state index in [4.69, 9.17) is 9.57 Å². The Morgan fingerprint density at radius 1 is 1.05 bits per heavy atom. The van der Waals surface area contributed by atoms with Crippen molar-refractivity contribution in [1.82, 2.24) is 9.96 Å². The van der Waals surface area contributed by atoms with Gasteiger partial charge in [-0.25, -0.2) is 5.06 Å². The molecule has 0 bridgehead atoms. The maximum Gasteiger partial charge on any atom is 0.251 e. The molecule has 3 atom stereocenters. The van der Waals surface area contributed by atoms with E-state index in [1.165, 1.54) is 25.7 Å². The maximum absolute atomic E-state index is 12.7. The van der Waals surface area contributed by atoms with Gasteiger partial charge in [-0.15, -0.1) is 0 Å². The Morgan fingerprint density at radius 3 is 2.67 bits per heavy atom. The van der Waals surface area contributed by atoms with Crippen molar-refractivity contribution in [2.45, 2.75) is 38.1 Å². The highest BCUT2D eigenvalue weighted by atomic mass is 16.7. The number of carbonyl (C=O) groups excluding carboxylic acids is 1. The van der Waals surface area contributed by atoms with Gasteiger partial charge in [-0.2, -0.15) is 0 Å². The third-order valence-corrected chi connectivity index (χ3v) is 5.82. The van der Waals surface area contributed by atoms with Crippen LogP contribution in [-0.4, -0.2) is 61.4 Å². The van der Waals surface area contributed by atoms with Gasteiger partial charge in [-0.1, -0.05) is 12.8 Å². The average molecular weight is 294 g/mol. The number of hydroxylamine groups is 2. The van der Waals surface area contributed by atoms with Crippen LogP contribution in [0.2, 0.25) is 0 Å². The number of amides is 1. The quantitative estimate of drug-likeness (QED) is 0.769. The number of hydrogen-bond acceptors (Lipinski definition) is 4. The molecule has 5 nitrogen and oxygen atoms in total. The first-order chi connectivity index (χ1) is 10.3. The number of fused-ring (bicyclic) bond motifs is 1. The third-order valence-electron chi connectivity index (χ3n) is 5.82. The van der Waals surface area contributed by atoms with Gasteiger partial charge in [0.15, 0.2) is 0 Å². The molecule has 21 heavy (non-hydrogen) atoms. The van der Waals surface area contributed by atoms with Crippen molar-refractivity contribution >= 4 is 5.91 Å². The first kappa shape index (κ1) is 14.0. The molecule has 0 spiro atoms. The van der Waals surface area contributed by atoms with Gasteiger partial charge >= 0.3 is 0 Å². The van der Waals surface area contributed by atoms with Crippen molar-refractivity contribution in [3.05, 3.63) is 0 Å². The molecule has 3 aliphatic heterocycles. The molecule has 0 aromatic carbocycles. The SMILES string of the molecule is O=C([C@@H]1COC[C@H]2CN(C3CCCC3)C[C@H]21)N1CCCO1. The lowest BCUT2D eigenvalue weighted by molar-refractivity contribution is -0.181. The van der Waals surface area contributed by atoms with Crippen molar-refractivity contribution < 1.29 is 14.4 Å². The Bertz CT molecular complexity index is 391. The third kappa shape index (κ3) is 2.60. The Labute approximate surface area is 126 Å². The zero-order chi connectivity index (χ0) is 14.2. The average Bonchev–Trinajstić information content (AvgIpc) is 3.24. The Hall–Kier alpha value is -0.650. The van der Waals surface area contributed by atoms with Gasteiger partial charge in [0, 0.05) is 19.1 Å². The molecular formula is C16H26N2O3. The topological polar surface area (TPSA) is 42.0 Å². The van der Waals surface area contributed by atoms with Crippen LogP contribution in [0.3, 0.4) is 0 Å². The molecule has 0 N–H and O–H groups in total.